The van der Waals surface area contributed by atoms with Gasteiger partial charge in [-0.1, -0.05) is 30.3 Å². The van der Waals surface area contributed by atoms with Crippen molar-refractivity contribution in [3.8, 4) is 5.75 Å². The Morgan fingerprint density at radius 2 is 2.20 bits per heavy atom. The Bertz CT molecular complexity index is 832. The maximum Gasteiger partial charge on any atom is 0.123 e. The average molecular weight is 337 g/mol. The van der Waals surface area contributed by atoms with Gasteiger partial charge in [-0.3, -0.25) is 5.10 Å². The molecule has 2 N–H and O–H groups in total. The number of aromatic nitrogens is 2. The van der Waals surface area contributed by atoms with Crippen LogP contribution >= 0.6 is 0 Å². The van der Waals surface area contributed by atoms with Gasteiger partial charge in [-0.15, -0.1) is 0 Å². The molecule has 1 fully saturated rings. The number of rotatable bonds is 6. The molecule has 1 saturated heterocycles. The van der Waals surface area contributed by atoms with Gasteiger partial charge in [-0.05, 0) is 23.3 Å². The Labute approximate surface area is 147 Å². The van der Waals surface area contributed by atoms with E-state index >= 15 is 0 Å². The summed E-state index contributed by atoms with van der Waals surface area (Å²) in [4.78, 5) is 0. The number of H-pyrrole nitrogens is 1. The molecule has 1 aliphatic rings. The third-order valence-electron chi connectivity index (χ3n) is 4.99. The zero-order valence-corrected chi connectivity index (χ0v) is 14.4. The molecule has 2 heterocycles. The number of hydrogen-bond donors (Lipinski definition) is 2. The van der Waals surface area contributed by atoms with E-state index in [1.54, 1.807) is 7.11 Å². The molecule has 0 unspecified atom stereocenters. The quantitative estimate of drug-likeness (QED) is 0.723. The molecular weight excluding hydrogens is 314 g/mol. The van der Waals surface area contributed by atoms with Crippen LogP contribution in [0.5, 0.6) is 5.75 Å². The minimum absolute atomic E-state index is 0.126. The second kappa shape index (κ2) is 7.25. The van der Waals surface area contributed by atoms with Crippen molar-refractivity contribution in [2.75, 3.05) is 20.3 Å². The molecule has 130 valence electrons. The van der Waals surface area contributed by atoms with E-state index < -0.39 is 0 Å². The summed E-state index contributed by atoms with van der Waals surface area (Å²) in [5, 5.41) is 13.0. The SMILES string of the molecule is COc1ccc2ccccc2c1CNC[C@H]1CCO[C@@H]1c1cn[nH]c1. The summed E-state index contributed by atoms with van der Waals surface area (Å²) in [6.07, 6.45) is 4.98. The summed E-state index contributed by atoms with van der Waals surface area (Å²) in [7, 11) is 1.73. The smallest absolute Gasteiger partial charge is 0.123 e. The number of fused-ring (bicyclic) bond motifs is 1. The van der Waals surface area contributed by atoms with Crippen molar-refractivity contribution >= 4 is 10.8 Å². The molecule has 5 nitrogen and oxygen atoms in total. The van der Waals surface area contributed by atoms with Gasteiger partial charge >= 0.3 is 0 Å². The lowest BCUT2D eigenvalue weighted by Crippen LogP contribution is -2.24. The van der Waals surface area contributed by atoms with Crippen LogP contribution in [0.25, 0.3) is 10.8 Å². The van der Waals surface area contributed by atoms with E-state index in [1.165, 1.54) is 16.3 Å². The zero-order chi connectivity index (χ0) is 17.1. The van der Waals surface area contributed by atoms with E-state index in [9.17, 15) is 0 Å². The van der Waals surface area contributed by atoms with Crippen LogP contribution in [0.3, 0.4) is 0 Å². The number of hydrogen-bond acceptors (Lipinski definition) is 4. The second-order valence-corrected chi connectivity index (χ2v) is 6.47. The lowest BCUT2D eigenvalue weighted by atomic mass is 9.97. The van der Waals surface area contributed by atoms with Crippen LogP contribution in [-0.2, 0) is 11.3 Å². The Hall–Kier alpha value is -2.37. The Morgan fingerprint density at radius 1 is 1.28 bits per heavy atom. The van der Waals surface area contributed by atoms with Crippen LogP contribution < -0.4 is 10.1 Å². The first-order chi connectivity index (χ1) is 12.4. The van der Waals surface area contributed by atoms with E-state index in [0.717, 1.165) is 37.4 Å². The van der Waals surface area contributed by atoms with Gasteiger partial charge in [-0.2, -0.15) is 5.10 Å². The molecule has 0 radical (unpaired) electrons. The molecule has 1 aliphatic heterocycles. The first kappa shape index (κ1) is 16.1. The molecular formula is C20H23N3O2. The molecule has 4 rings (SSSR count). The molecule has 5 heteroatoms. The van der Waals surface area contributed by atoms with Crippen molar-refractivity contribution in [3.05, 3.63) is 59.9 Å². The van der Waals surface area contributed by atoms with Crippen molar-refractivity contribution in [3.63, 3.8) is 0 Å². The van der Waals surface area contributed by atoms with E-state index in [0.29, 0.717) is 5.92 Å². The van der Waals surface area contributed by atoms with E-state index in [4.69, 9.17) is 9.47 Å². The Kier molecular flexibility index (Phi) is 4.68. The third-order valence-corrected chi connectivity index (χ3v) is 4.99. The molecule has 25 heavy (non-hydrogen) atoms. The van der Waals surface area contributed by atoms with Crippen molar-refractivity contribution in [1.82, 2.24) is 15.5 Å². The molecule has 0 amide bonds. The predicted octanol–water partition coefficient (Wildman–Crippen LogP) is 3.44. The fourth-order valence-corrected chi connectivity index (χ4v) is 3.70. The van der Waals surface area contributed by atoms with E-state index in [1.807, 2.05) is 18.5 Å². The highest BCUT2D eigenvalue weighted by atomic mass is 16.5. The first-order valence-electron chi connectivity index (χ1n) is 8.72. The third kappa shape index (κ3) is 3.25. The summed E-state index contributed by atoms with van der Waals surface area (Å²) in [5.74, 6) is 1.39. The monoisotopic (exact) mass is 337 g/mol. The van der Waals surface area contributed by atoms with Crippen molar-refractivity contribution in [2.45, 2.75) is 19.1 Å². The second-order valence-electron chi connectivity index (χ2n) is 6.47. The number of nitrogens with zero attached hydrogens (tertiary/aromatic N) is 1. The Morgan fingerprint density at radius 3 is 3.04 bits per heavy atom. The lowest BCUT2D eigenvalue weighted by Gasteiger charge is -2.19. The van der Waals surface area contributed by atoms with Gasteiger partial charge < -0.3 is 14.8 Å². The molecule has 1 aromatic heterocycles. The highest BCUT2D eigenvalue weighted by Gasteiger charge is 2.30. The fraction of sp³-hybridized carbons (Fsp3) is 0.350. The highest BCUT2D eigenvalue weighted by Crippen LogP contribution is 2.34. The van der Waals surface area contributed by atoms with Crippen LogP contribution in [0.2, 0.25) is 0 Å². The molecule has 3 aromatic rings. The van der Waals surface area contributed by atoms with Crippen molar-refractivity contribution in [1.29, 1.82) is 0 Å². The zero-order valence-electron chi connectivity index (χ0n) is 14.4. The van der Waals surface area contributed by atoms with Crippen LogP contribution in [-0.4, -0.2) is 30.5 Å². The summed E-state index contributed by atoms with van der Waals surface area (Å²) < 4.78 is 11.5. The van der Waals surface area contributed by atoms with Gasteiger partial charge in [0.25, 0.3) is 0 Å². The largest absolute Gasteiger partial charge is 0.496 e. The first-order valence-corrected chi connectivity index (χ1v) is 8.72. The number of aromatic amines is 1. The molecule has 0 spiro atoms. The minimum atomic E-state index is 0.126. The maximum atomic E-state index is 5.90. The molecule has 0 aliphatic carbocycles. The summed E-state index contributed by atoms with van der Waals surface area (Å²) >= 11 is 0. The van der Waals surface area contributed by atoms with Gasteiger partial charge in [0.05, 0.1) is 19.4 Å². The van der Waals surface area contributed by atoms with Gasteiger partial charge in [0.2, 0.25) is 0 Å². The standard InChI is InChI=1S/C20H23N3O2/c1-24-19-7-6-14-4-2-3-5-17(14)18(19)13-21-10-15-8-9-25-20(15)16-11-22-23-12-16/h2-7,11-12,15,20-21H,8-10,13H2,1H3,(H,22,23)/t15-,20+/m1/s1. The van der Waals surface area contributed by atoms with Crippen LogP contribution in [0.4, 0.5) is 0 Å². The van der Waals surface area contributed by atoms with Gasteiger partial charge in [0, 0.05) is 42.9 Å². The number of methoxy groups -OCH3 is 1. The van der Waals surface area contributed by atoms with Crippen LogP contribution in [0, 0.1) is 5.92 Å². The average Bonchev–Trinajstić information content (AvgIpc) is 3.33. The summed E-state index contributed by atoms with van der Waals surface area (Å²) in [6.45, 7) is 2.49. The van der Waals surface area contributed by atoms with E-state index in [2.05, 4.69) is 45.8 Å². The van der Waals surface area contributed by atoms with E-state index in [-0.39, 0.29) is 6.10 Å². The summed E-state index contributed by atoms with van der Waals surface area (Å²) in [6, 6.07) is 12.6. The van der Waals surface area contributed by atoms with Gasteiger partial charge in [-0.25, -0.2) is 0 Å². The van der Waals surface area contributed by atoms with Crippen molar-refractivity contribution in [2.24, 2.45) is 5.92 Å². The van der Waals surface area contributed by atoms with Crippen LogP contribution in [0.1, 0.15) is 23.7 Å². The normalized spacial score (nSPS) is 20.2. The Balaban J connectivity index is 1.47. The molecule has 2 aromatic carbocycles. The predicted molar refractivity (Wildman–Crippen MR) is 97.6 cm³/mol. The highest BCUT2D eigenvalue weighted by molar-refractivity contribution is 5.87. The number of benzene rings is 2. The molecule has 0 saturated carbocycles. The fourth-order valence-electron chi connectivity index (χ4n) is 3.70. The van der Waals surface area contributed by atoms with Gasteiger partial charge in [0.1, 0.15) is 5.75 Å². The maximum absolute atomic E-state index is 5.90. The molecule has 0 bridgehead atoms. The lowest BCUT2D eigenvalue weighted by molar-refractivity contribution is 0.0905. The molecule has 2 atom stereocenters. The van der Waals surface area contributed by atoms with Crippen LogP contribution in [0.15, 0.2) is 48.8 Å². The number of ether oxygens (including phenoxy) is 2. The van der Waals surface area contributed by atoms with Gasteiger partial charge in [0.15, 0.2) is 0 Å². The number of nitrogens with one attached hydrogen (secondary N) is 2. The topological polar surface area (TPSA) is 59.2 Å². The summed E-state index contributed by atoms with van der Waals surface area (Å²) in [5.41, 5.74) is 2.34. The van der Waals surface area contributed by atoms with Crippen molar-refractivity contribution < 1.29 is 9.47 Å². The minimum Gasteiger partial charge on any atom is -0.496 e.